The van der Waals surface area contributed by atoms with E-state index in [-0.39, 0.29) is 5.56 Å². The van der Waals surface area contributed by atoms with Crippen LogP contribution in [0.3, 0.4) is 0 Å². The van der Waals surface area contributed by atoms with Crippen LogP contribution in [0.1, 0.15) is 12.5 Å². The molecule has 0 amide bonds. The molecule has 0 aliphatic carbocycles. The molecule has 15 heavy (non-hydrogen) atoms. The summed E-state index contributed by atoms with van der Waals surface area (Å²) in [6.45, 7) is 2.09. The second-order valence-electron chi connectivity index (χ2n) is 3.58. The first-order valence-electron chi connectivity index (χ1n) is 4.87. The van der Waals surface area contributed by atoms with E-state index in [2.05, 4.69) is 21.1 Å². The SMILES string of the molecule is CCc1cc2ncn(C)c(=O)c2cc1P. The molecule has 3 nitrogen and oxygen atoms in total. The highest BCUT2D eigenvalue weighted by Crippen LogP contribution is 2.10. The van der Waals surface area contributed by atoms with Gasteiger partial charge in [0.05, 0.1) is 17.2 Å². The second kappa shape index (κ2) is 3.74. The van der Waals surface area contributed by atoms with Crippen LogP contribution in [0.4, 0.5) is 0 Å². The molecular formula is C11H13N2OP. The molecule has 78 valence electrons. The zero-order valence-electron chi connectivity index (χ0n) is 8.82. The predicted octanol–water partition coefficient (Wildman–Crippen LogP) is 0.996. The van der Waals surface area contributed by atoms with Gasteiger partial charge in [-0.25, -0.2) is 4.98 Å². The molecule has 0 saturated heterocycles. The largest absolute Gasteiger partial charge is 0.302 e. The number of benzene rings is 1. The molecule has 0 radical (unpaired) electrons. The zero-order valence-corrected chi connectivity index (χ0v) is 9.97. The smallest absolute Gasteiger partial charge is 0.260 e. The lowest BCUT2D eigenvalue weighted by Crippen LogP contribution is -2.18. The minimum atomic E-state index is 0.00588. The van der Waals surface area contributed by atoms with E-state index in [4.69, 9.17) is 0 Å². The summed E-state index contributed by atoms with van der Waals surface area (Å²) < 4.78 is 1.50. The molecule has 1 atom stereocenters. The molecule has 1 heterocycles. The van der Waals surface area contributed by atoms with E-state index in [0.717, 1.165) is 17.2 Å². The molecular weight excluding hydrogens is 207 g/mol. The maximum atomic E-state index is 11.8. The normalized spacial score (nSPS) is 10.9. The van der Waals surface area contributed by atoms with Gasteiger partial charge in [0.25, 0.3) is 5.56 Å². The molecule has 1 unspecified atom stereocenters. The highest BCUT2D eigenvalue weighted by Gasteiger charge is 2.05. The van der Waals surface area contributed by atoms with Gasteiger partial charge in [0.2, 0.25) is 0 Å². The van der Waals surface area contributed by atoms with E-state index in [0.29, 0.717) is 5.39 Å². The number of rotatable bonds is 1. The minimum absolute atomic E-state index is 0.00588. The van der Waals surface area contributed by atoms with E-state index in [1.807, 2.05) is 12.1 Å². The van der Waals surface area contributed by atoms with Crippen molar-refractivity contribution in [3.63, 3.8) is 0 Å². The molecule has 0 aliphatic rings. The summed E-state index contributed by atoms with van der Waals surface area (Å²) >= 11 is 0. The molecule has 1 aromatic heterocycles. The number of hydrogen-bond acceptors (Lipinski definition) is 2. The zero-order chi connectivity index (χ0) is 11.0. The molecule has 0 saturated carbocycles. The van der Waals surface area contributed by atoms with Crippen LogP contribution in [-0.4, -0.2) is 9.55 Å². The minimum Gasteiger partial charge on any atom is -0.302 e. The van der Waals surface area contributed by atoms with Crippen LogP contribution in [0, 0.1) is 0 Å². The van der Waals surface area contributed by atoms with Gasteiger partial charge in [-0.05, 0) is 29.4 Å². The molecule has 4 heteroatoms. The lowest BCUT2D eigenvalue weighted by molar-refractivity contribution is 0.843. The van der Waals surface area contributed by atoms with E-state index in [1.54, 1.807) is 13.4 Å². The van der Waals surface area contributed by atoms with Crippen molar-refractivity contribution in [2.45, 2.75) is 13.3 Å². The average molecular weight is 220 g/mol. The molecule has 0 spiro atoms. The van der Waals surface area contributed by atoms with Crippen molar-refractivity contribution in [3.05, 3.63) is 34.4 Å². The van der Waals surface area contributed by atoms with Crippen molar-refractivity contribution in [2.24, 2.45) is 7.05 Å². The van der Waals surface area contributed by atoms with Gasteiger partial charge < -0.3 is 4.57 Å². The molecule has 0 aliphatic heterocycles. The van der Waals surface area contributed by atoms with E-state index in [9.17, 15) is 4.79 Å². The van der Waals surface area contributed by atoms with Crippen LogP contribution < -0.4 is 10.9 Å². The second-order valence-corrected chi connectivity index (χ2v) is 4.20. The fraction of sp³-hybridized carbons (Fsp3) is 0.273. The summed E-state index contributed by atoms with van der Waals surface area (Å²) in [6.07, 6.45) is 2.51. The Morgan fingerprint density at radius 2 is 2.20 bits per heavy atom. The molecule has 0 bridgehead atoms. The topological polar surface area (TPSA) is 34.9 Å². The lowest BCUT2D eigenvalue weighted by atomic mass is 10.1. The highest BCUT2D eigenvalue weighted by atomic mass is 31.0. The maximum Gasteiger partial charge on any atom is 0.260 e. The van der Waals surface area contributed by atoms with Crippen LogP contribution in [0.25, 0.3) is 10.9 Å². The monoisotopic (exact) mass is 220 g/mol. The quantitative estimate of drug-likeness (QED) is 0.672. The fourth-order valence-electron chi connectivity index (χ4n) is 1.62. The summed E-state index contributed by atoms with van der Waals surface area (Å²) in [7, 11) is 4.38. The third-order valence-corrected chi connectivity index (χ3v) is 3.10. The average Bonchev–Trinajstić information content (AvgIpc) is 2.24. The van der Waals surface area contributed by atoms with Gasteiger partial charge in [-0.1, -0.05) is 6.92 Å². The number of aromatic nitrogens is 2. The Hall–Kier alpha value is -1.21. The third-order valence-electron chi connectivity index (χ3n) is 2.56. The molecule has 0 N–H and O–H groups in total. The van der Waals surface area contributed by atoms with Gasteiger partial charge in [0.15, 0.2) is 0 Å². The number of aryl methyl sites for hydroxylation is 2. The van der Waals surface area contributed by atoms with Crippen molar-refractivity contribution < 1.29 is 0 Å². The Balaban J connectivity index is 2.88. The summed E-state index contributed by atoms with van der Waals surface area (Å²) in [5.74, 6) is 0. The van der Waals surface area contributed by atoms with E-state index in [1.165, 1.54) is 10.1 Å². The Bertz CT molecular complexity index is 575. The molecule has 1 aromatic carbocycles. The predicted molar refractivity (Wildman–Crippen MR) is 65.7 cm³/mol. The van der Waals surface area contributed by atoms with Crippen molar-refractivity contribution in [1.29, 1.82) is 0 Å². The van der Waals surface area contributed by atoms with Crippen molar-refractivity contribution in [2.75, 3.05) is 0 Å². The summed E-state index contributed by atoms with van der Waals surface area (Å²) in [5, 5.41) is 1.76. The summed E-state index contributed by atoms with van der Waals surface area (Å²) in [4.78, 5) is 16.0. The first-order valence-corrected chi connectivity index (χ1v) is 5.45. The van der Waals surface area contributed by atoms with Gasteiger partial charge in [0.1, 0.15) is 0 Å². The Labute approximate surface area is 90.3 Å². The van der Waals surface area contributed by atoms with Crippen LogP contribution in [0.2, 0.25) is 0 Å². The molecule has 2 aromatic rings. The van der Waals surface area contributed by atoms with Gasteiger partial charge in [-0.2, -0.15) is 0 Å². The fourth-order valence-corrected chi connectivity index (χ4v) is 2.08. The summed E-state index contributed by atoms with van der Waals surface area (Å²) in [6, 6.07) is 3.88. The molecule has 2 rings (SSSR count). The number of fused-ring (bicyclic) bond motifs is 1. The molecule has 0 fully saturated rings. The number of hydrogen-bond donors (Lipinski definition) is 0. The highest BCUT2D eigenvalue weighted by molar-refractivity contribution is 7.27. The first kappa shape index (κ1) is 10.3. The Morgan fingerprint density at radius 3 is 2.87 bits per heavy atom. The van der Waals surface area contributed by atoms with Crippen LogP contribution >= 0.6 is 9.24 Å². The maximum absolute atomic E-state index is 11.8. The van der Waals surface area contributed by atoms with E-state index < -0.39 is 0 Å². The number of nitrogens with zero attached hydrogens (tertiary/aromatic N) is 2. The van der Waals surface area contributed by atoms with Gasteiger partial charge in [0, 0.05) is 7.05 Å². The van der Waals surface area contributed by atoms with Crippen molar-refractivity contribution in [1.82, 2.24) is 9.55 Å². The van der Waals surface area contributed by atoms with Crippen LogP contribution in [0.5, 0.6) is 0 Å². The van der Waals surface area contributed by atoms with Gasteiger partial charge in [-0.15, -0.1) is 9.24 Å². The van der Waals surface area contributed by atoms with E-state index >= 15 is 0 Å². The van der Waals surface area contributed by atoms with Gasteiger partial charge >= 0.3 is 0 Å². The lowest BCUT2D eigenvalue weighted by Gasteiger charge is -2.05. The van der Waals surface area contributed by atoms with Crippen LogP contribution in [-0.2, 0) is 13.5 Å². The Kier molecular flexibility index (Phi) is 2.57. The standard InChI is InChI=1S/C11H13N2OP/c1-3-7-4-9-8(5-10(7)15)11(14)13(2)6-12-9/h4-6H,3,15H2,1-2H3. The van der Waals surface area contributed by atoms with Crippen LogP contribution in [0.15, 0.2) is 23.3 Å². The summed E-state index contributed by atoms with van der Waals surface area (Å²) in [5.41, 5.74) is 2.00. The third kappa shape index (κ3) is 1.68. The Morgan fingerprint density at radius 1 is 1.47 bits per heavy atom. The first-order chi connectivity index (χ1) is 7.13. The van der Waals surface area contributed by atoms with Crippen molar-refractivity contribution in [3.8, 4) is 0 Å². The van der Waals surface area contributed by atoms with Gasteiger partial charge in [-0.3, -0.25) is 4.79 Å². The van der Waals surface area contributed by atoms with Crippen molar-refractivity contribution >= 4 is 25.4 Å².